The summed E-state index contributed by atoms with van der Waals surface area (Å²) in [6, 6.07) is 5.03. The summed E-state index contributed by atoms with van der Waals surface area (Å²) in [6.45, 7) is 4.32. The van der Waals surface area contributed by atoms with E-state index in [2.05, 4.69) is 41.2 Å². The van der Waals surface area contributed by atoms with Crippen LogP contribution in [0.5, 0.6) is 0 Å². The van der Waals surface area contributed by atoms with Crippen LogP contribution in [0.3, 0.4) is 0 Å². The number of aliphatic carboxylic acids is 1. The number of alkyl carbamates (subject to hydrolysis) is 1. The number of nitrogens with one attached hydrogen (secondary N) is 5. The van der Waals surface area contributed by atoms with Crippen molar-refractivity contribution in [1.29, 1.82) is 0 Å². The van der Waals surface area contributed by atoms with E-state index < -0.39 is 29.6 Å². The molecule has 18 heteroatoms. The Labute approximate surface area is 269 Å². The van der Waals surface area contributed by atoms with E-state index in [0.717, 1.165) is 0 Å². The summed E-state index contributed by atoms with van der Waals surface area (Å²) in [5.41, 5.74) is 6.53. The van der Waals surface area contributed by atoms with Crippen LogP contribution >= 0.6 is 0 Å². The molecule has 0 aliphatic carbocycles. The molecule has 2 aromatic heterocycles. The summed E-state index contributed by atoms with van der Waals surface area (Å²) in [7, 11) is 0. The number of H-pyrrole nitrogens is 1. The van der Waals surface area contributed by atoms with Gasteiger partial charge in [-0.3, -0.25) is 19.4 Å². The van der Waals surface area contributed by atoms with Crippen LogP contribution in [-0.4, -0.2) is 101 Å². The first-order valence-electron chi connectivity index (χ1n) is 14.9. The van der Waals surface area contributed by atoms with E-state index in [1.54, 1.807) is 19.1 Å². The van der Waals surface area contributed by atoms with Gasteiger partial charge in [-0.15, -0.1) is 0 Å². The maximum atomic E-state index is 12.7. The first-order valence-corrected chi connectivity index (χ1v) is 14.9. The van der Waals surface area contributed by atoms with Crippen LogP contribution in [0.4, 0.5) is 16.4 Å². The monoisotopic (exact) mass is 657 g/mol. The van der Waals surface area contributed by atoms with Gasteiger partial charge in [-0.25, -0.2) is 19.6 Å². The number of carbonyl (C=O) groups excluding carboxylic acids is 3. The molecule has 1 aromatic carbocycles. The second kappa shape index (κ2) is 19.2. The SMILES string of the molecule is CCOC(=O)NCCOCCOCCCNC(=O)CC[C@@H](NC(=O)c1ccc(NCc2cnc3nc(N)[nH]c(=O)c3n2)cc1)C(=O)O. The van der Waals surface area contributed by atoms with Crippen molar-refractivity contribution >= 4 is 46.7 Å². The molecule has 0 saturated heterocycles. The number of carboxylic acid groups (broad SMARTS) is 1. The number of ether oxygens (including phenoxy) is 3. The Hall–Kier alpha value is -5.36. The molecule has 0 aliphatic rings. The highest BCUT2D eigenvalue weighted by molar-refractivity contribution is 5.97. The van der Waals surface area contributed by atoms with Gasteiger partial charge in [0.2, 0.25) is 11.9 Å². The normalized spacial score (nSPS) is 11.4. The molecule has 3 rings (SSSR count). The Morgan fingerprint density at radius 3 is 2.47 bits per heavy atom. The zero-order valence-corrected chi connectivity index (χ0v) is 25.9. The van der Waals surface area contributed by atoms with E-state index >= 15 is 0 Å². The molecule has 8 N–H and O–H groups in total. The fourth-order valence-corrected chi connectivity index (χ4v) is 3.98. The quantitative estimate of drug-likeness (QED) is 0.0798. The number of anilines is 2. The summed E-state index contributed by atoms with van der Waals surface area (Å²) >= 11 is 0. The lowest BCUT2D eigenvalue weighted by Crippen LogP contribution is -2.41. The number of aromatic amines is 1. The number of carboxylic acids is 1. The highest BCUT2D eigenvalue weighted by Gasteiger charge is 2.21. The third kappa shape index (κ3) is 12.9. The zero-order valence-electron chi connectivity index (χ0n) is 25.9. The van der Waals surface area contributed by atoms with Crippen molar-refractivity contribution < 1.29 is 38.5 Å². The summed E-state index contributed by atoms with van der Waals surface area (Å²) in [5, 5.41) is 20.3. The van der Waals surface area contributed by atoms with Crippen molar-refractivity contribution in [2.24, 2.45) is 0 Å². The number of fused-ring (bicyclic) bond motifs is 1. The minimum atomic E-state index is -1.26. The van der Waals surface area contributed by atoms with Gasteiger partial charge < -0.3 is 46.3 Å². The number of aromatic nitrogens is 4. The second-order valence-electron chi connectivity index (χ2n) is 9.89. The van der Waals surface area contributed by atoms with Gasteiger partial charge in [0.05, 0.1) is 44.9 Å². The molecule has 2 heterocycles. The number of nitrogen functional groups attached to an aromatic ring is 1. The fraction of sp³-hybridized carbons (Fsp3) is 0.448. The predicted molar refractivity (Wildman–Crippen MR) is 169 cm³/mol. The molecule has 0 spiro atoms. The van der Waals surface area contributed by atoms with Gasteiger partial charge in [0.1, 0.15) is 6.04 Å². The molecule has 0 saturated carbocycles. The Kier molecular flexibility index (Phi) is 14.8. The molecule has 0 unspecified atom stereocenters. The van der Waals surface area contributed by atoms with Crippen molar-refractivity contribution in [1.82, 2.24) is 35.9 Å². The molecule has 254 valence electrons. The van der Waals surface area contributed by atoms with Crippen molar-refractivity contribution in [2.45, 2.75) is 38.8 Å². The largest absolute Gasteiger partial charge is 0.480 e. The number of hydrogen-bond acceptors (Lipinski definition) is 13. The molecule has 1 atom stereocenters. The average molecular weight is 658 g/mol. The number of amides is 3. The van der Waals surface area contributed by atoms with Crippen LogP contribution in [0.25, 0.3) is 11.2 Å². The van der Waals surface area contributed by atoms with Gasteiger partial charge in [0, 0.05) is 37.4 Å². The van der Waals surface area contributed by atoms with Crippen LogP contribution < -0.4 is 32.6 Å². The molecule has 0 aliphatic heterocycles. The molecule has 3 aromatic rings. The summed E-state index contributed by atoms with van der Waals surface area (Å²) in [4.78, 5) is 74.4. The van der Waals surface area contributed by atoms with Gasteiger partial charge in [-0.2, -0.15) is 4.98 Å². The highest BCUT2D eigenvalue weighted by Crippen LogP contribution is 2.12. The summed E-state index contributed by atoms with van der Waals surface area (Å²) in [5.74, 6) is -2.27. The molecule has 0 radical (unpaired) electrons. The van der Waals surface area contributed by atoms with Crippen molar-refractivity contribution in [3.8, 4) is 0 Å². The van der Waals surface area contributed by atoms with Gasteiger partial charge in [0.25, 0.3) is 11.5 Å². The third-order valence-corrected chi connectivity index (χ3v) is 6.32. The van der Waals surface area contributed by atoms with E-state index in [4.69, 9.17) is 19.9 Å². The molecule has 0 bridgehead atoms. The first-order chi connectivity index (χ1) is 22.7. The Balaban J connectivity index is 1.31. The Morgan fingerprint density at radius 2 is 1.74 bits per heavy atom. The molecule has 3 amide bonds. The van der Waals surface area contributed by atoms with Gasteiger partial charge in [0.15, 0.2) is 11.2 Å². The zero-order chi connectivity index (χ0) is 34.0. The minimum Gasteiger partial charge on any atom is -0.480 e. The van der Waals surface area contributed by atoms with E-state index in [1.165, 1.54) is 18.3 Å². The van der Waals surface area contributed by atoms with Crippen molar-refractivity contribution in [2.75, 3.05) is 57.2 Å². The predicted octanol–water partition coefficient (Wildman–Crippen LogP) is 0.156. The lowest BCUT2D eigenvalue weighted by atomic mass is 10.1. The smallest absolute Gasteiger partial charge is 0.407 e. The number of rotatable bonds is 20. The third-order valence-electron chi connectivity index (χ3n) is 6.32. The van der Waals surface area contributed by atoms with Gasteiger partial charge >= 0.3 is 12.1 Å². The van der Waals surface area contributed by atoms with Crippen LogP contribution in [-0.2, 0) is 30.3 Å². The fourth-order valence-electron chi connectivity index (χ4n) is 3.98. The Bertz CT molecular complexity index is 1550. The topological polar surface area (TPSA) is 262 Å². The molecular weight excluding hydrogens is 618 g/mol. The maximum absolute atomic E-state index is 12.7. The van der Waals surface area contributed by atoms with E-state index in [-0.39, 0.29) is 48.0 Å². The first kappa shape index (κ1) is 36.1. The highest BCUT2D eigenvalue weighted by atomic mass is 16.5. The van der Waals surface area contributed by atoms with Crippen molar-refractivity contribution in [3.63, 3.8) is 0 Å². The second-order valence-corrected chi connectivity index (χ2v) is 9.89. The number of hydrogen-bond donors (Lipinski definition) is 7. The lowest BCUT2D eigenvalue weighted by molar-refractivity contribution is -0.139. The lowest BCUT2D eigenvalue weighted by Gasteiger charge is -2.15. The molecule has 0 fully saturated rings. The Morgan fingerprint density at radius 1 is 1.00 bits per heavy atom. The molecular formula is C29H39N9O9. The van der Waals surface area contributed by atoms with Crippen LogP contribution in [0.1, 0.15) is 42.2 Å². The van der Waals surface area contributed by atoms with Gasteiger partial charge in [-0.05, 0) is 44.0 Å². The number of carbonyl (C=O) groups is 4. The maximum Gasteiger partial charge on any atom is 0.407 e. The number of benzene rings is 1. The summed E-state index contributed by atoms with van der Waals surface area (Å²) in [6.07, 6.45) is 1.32. The number of nitrogens with zero attached hydrogens (tertiary/aromatic N) is 3. The van der Waals surface area contributed by atoms with Crippen LogP contribution in [0, 0.1) is 0 Å². The number of nitrogens with two attached hydrogens (primary N) is 1. The van der Waals surface area contributed by atoms with E-state index in [9.17, 15) is 29.1 Å². The minimum absolute atomic E-state index is 0.0548. The van der Waals surface area contributed by atoms with E-state index in [1.807, 2.05) is 0 Å². The van der Waals surface area contributed by atoms with E-state index in [0.29, 0.717) is 63.9 Å². The molecule has 18 nitrogen and oxygen atoms in total. The summed E-state index contributed by atoms with van der Waals surface area (Å²) < 4.78 is 15.5. The standard InChI is InChI=1S/C29H39N9O9/c1-2-47-29(44)32-11-13-46-15-14-45-12-3-10-31-22(39)9-8-21(27(42)43)36-25(40)18-4-6-19(7-5-18)33-16-20-17-34-24-23(35-20)26(41)38-28(30)37-24/h4-7,17,21,33H,2-3,8-16H2,1H3,(H,31,39)(H,32,44)(H,36,40)(H,42,43)(H3,30,34,37,38,41)/t21-/m1/s1. The van der Waals surface area contributed by atoms with Gasteiger partial charge in [-0.1, -0.05) is 0 Å². The van der Waals surface area contributed by atoms with Crippen LogP contribution in [0.15, 0.2) is 35.3 Å². The average Bonchev–Trinajstić information content (AvgIpc) is 3.04. The van der Waals surface area contributed by atoms with Crippen molar-refractivity contribution in [3.05, 3.63) is 52.1 Å². The van der Waals surface area contributed by atoms with Crippen LogP contribution in [0.2, 0.25) is 0 Å². The molecule has 47 heavy (non-hydrogen) atoms.